The van der Waals surface area contributed by atoms with E-state index in [0.29, 0.717) is 27.1 Å². The van der Waals surface area contributed by atoms with E-state index in [1.807, 2.05) is 0 Å². The first kappa shape index (κ1) is 23.1. The summed E-state index contributed by atoms with van der Waals surface area (Å²) in [5.74, 6) is -0.125. The molecule has 1 aliphatic heterocycles. The Kier molecular flexibility index (Phi) is 6.69. The number of aliphatic imine (C=N–C) groups is 1. The van der Waals surface area contributed by atoms with Crippen molar-refractivity contribution in [3.05, 3.63) is 103 Å². The fraction of sp³-hybridized carbons (Fsp3) is 0.0833. The highest BCUT2D eigenvalue weighted by molar-refractivity contribution is 9.10. The molecule has 0 saturated carbocycles. The molecule has 4 rings (SSSR count). The molecule has 10 heteroatoms. The van der Waals surface area contributed by atoms with Gasteiger partial charge in [0.1, 0.15) is 12.4 Å². The highest BCUT2D eigenvalue weighted by Gasteiger charge is 2.24. The van der Waals surface area contributed by atoms with E-state index in [0.717, 1.165) is 5.56 Å². The first-order valence-corrected chi connectivity index (χ1v) is 10.7. The Morgan fingerprint density at radius 1 is 1.15 bits per heavy atom. The molecule has 172 valence electrons. The van der Waals surface area contributed by atoms with Crippen molar-refractivity contribution in [3.8, 4) is 11.5 Å². The molecule has 3 aromatic carbocycles. The molecule has 0 amide bonds. The minimum Gasteiger partial charge on any atom is -0.493 e. The highest BCUT2D eigenvalue weighted by Crippen LogP contribution is 2.38. The van der Waals surface area contributed by atoms with Crippen LogP contribution in [0.5, 0.6) is 11.5 Å². The summed E-state index contributed by atoms with van der Waals surface area (Å²) in [6.07, 6.45) is 1.53. The van der Waals surface area contributed by atoms with Crippen LogP contribution in [0.4, 0.5) is 10.1 Å². The minimum absolute atomic E-state index is 0.00409. The molecule has 0 aliphatic carbocycles. The topological polar surface area (TPSA) is 100 Å². The van der Waals surface area contributed by atoms with E-state index in [-0.39, 0.29) is 23.9 Å². The van der Waals surface area contributed by atoms with Crippen LogP contribution < -0.4 is 9.47 Å². The number of benzene rings is 3. The first-order chi connectivity index (χ1) is 16.3. The van der Waals surface area contributed by atoms with Gasteiger partial charge in [0.25, 0.3) is 5.69 Å². The van der Waals surface area contributed by atoms with Gasteiger partial charge in [0, 0.05) is 17.7 Å². The fourth-order valence-electron chi connectivity index (χ4n) is 3.12. The molecule has 0 radical (unpaired) electrons. The highest BCUT2D eigenvalue weighted by atomic mass is 79.9. The number of nitrogens with zero attached hydrogens (tertiary/aromatic N) is 2. The van der Waals surface area contributed by atoms with Crippen molar-refractivity contribution in [2.75, 3.05) is 7.11 Å². The van der Waals surface area contributed by atoms with Gasteiger partial charge in [0.2, 0.25) is 5.90 Å². The van der Waals surface area contributed by atoms with Crippen LogP contribution in [0.1, 0.15) is 16.7 Å². The summed E-state index contributed by atoms with van der Waals surface area (Å²) >= 11 is 3.45. The number of ether oxygens (including phenoxy) is 3. The lowest BCUT2D eigenvalue weighted by Crippen LogP contribution is -2.05. The van der Waals surface area contributed by atoms with Crippen LogP contribution in [0.15, 0.2) is 75.8 Å². The summed E-state index contributed by atoms with van der Waals surface area (Å²) in [5, 5.41) is 10.8. The zero-order valence-electron chi connectivity index (χ0n) is 17.7. The number of nitro groups is 1. The number of non-ortho nitro benzene ring substituents is 1. The number of hydrogen-bond donors (Lipinski definition) is 0. The molecule has 0 saturated heterocycles. The summed E-state index contributed by atoms with van der Waals surface area (Å²) in [4.78, 5) is 26.8. The monoisotopic (exact) mass is 526 g/mol. The van der Waals surface area contributed by atoms with Gasteiger partial charge in [-0.2, -0.15) is 0 Å². The zero-order valence-corrected chi connectivity index (χ0v) is 19.2. The Hall–Kier alpha value is -4.05. The quantitative estimate of drug-likeness (QED) is 0.176. The van der Waals surface area contributed by atoms with Gasteiger partial charge in [-0.1, -0.05) is 0 Å². The number of cyclic esters (lactones) is 1. The lowest BCUT2D eigenvalue weighted by Gasteiger charge is -2.13. The molecule has 1 aliphatic rings. The summed E-state index contributed by atoms with van der Waals surface area (Å²) in [5.41, 5.74) is 1.89. The van der Waals surface area contributed by atoms with Gasteiger partial charge in [-0.3, -0.25) is 10.1 Å². The first-order valence-electron chi connectivity index (χ1n) is 9.86. The SMILES string of the molecule is COc1cc(/C=C2\N=C(c3ccc(F)cc3)OC2=O)cc(Br)c1OCc1ccc([N+](=O)[O-])cc1. The van der Waals surface area contributed by atoms with Gasteiger partial charge in [-0.15, -0.1) is 0 Å². The van der Waals surface area contributed by atoms with Crippen molar-refractivity contribution in [1.82, 2.24) is 0 Å². The number of carbonyl (C=O) groups is 1. The molecule has 0 N–H and O–H groups in total. The van der Waals surface area contributed by atoms with Crippen molar-refractivity contribution in [2.45, 2.75) is 6.61 Å². The minimum atomic E-state index is -0.632. The number of esters is 1. The number of carbonyl (C=O) groups excluding carboxylic acids is 1. The lowest BCUT2D eigenvalue weighted by atomic mass is 10.1. The second-order valence-electron chi connectivity index (χ2n) is 7.09. The number of hydrogen-bond acceptors (Lipinski definition) is 7. The maximum Gasteiger partial charge on any atom is 0.363 e. The number of nitro benzene ring substituents is 1. The molecule has 0 unspecified atom stereocenters. The third-order valence-corrected chi connectivity index (χ3v) is 5.39. The van der Waals surface area contributed by atoms with Gasteiger partial charge in [-0.25, -0.2) is 14.2 Å². The second-order valence-corrected chi connectivity index (χ2v) is 7.94. The number of halogens is 2. The largest absolute Gasteiger partial charge is 0.493 e. The van der Waals surface area contributed by atoms with Crippen LogP contribution in [0.3, 0.4) is 0 Å². The Balaban J connectivity index is 1.55. The summed E-state index contributed by atoms with van der Waals surface area (Å²) in [6.45, 7) is 0.158. The van der Waals surface area contributed by atoms with Crippen LogP contribution in [-0.2, 0) is 16.1 Å². The molecular weight excluding hydrogens is 511 g/mol. The molecule has 1 heterocycles. The van der Waals surface area contributed by atoms with Crippen LogP contribution in [-0.4, -0.2) is 23.9 Å². The Bertz CT molecular complexity index is 1320. The van der Waals surface area contributed by atoms with Gasteiger partial charge in [-0.05, 0) is 81.7 Å². The average Bonchev–Trinajstić information content (AvgIpc) is 3.18. The van der Waals surface area contributed by atoms with Crippen LogP contribution in [0.25, 0.3) is 6.08 Å². The second kappa shape index (κ2) is 9.84. The summed E-state index contributed by atoms with van der Waals surface area (Å²) in [7, 11) is 1.48. The Labute approximate surface area is 201 Å². The van der Waals surface area contributed by atoms with E-state index >= 15 is 0 Å². The molecule has 8 nitrogen and oxygen atoms in total. The van der Waals surface area contributed by atoms with Crippen molar-refractivity contribution >= 4 is 39.6 Å². The van der Waals surface area contributed by atoms with Gasteiger partial charge in [0.15, 0.2) is 17.2 Å². The maximum atomic E-state index is 13.1. The molecule has 3 aromatic rings. The zero-order chi connectivity index (χ0) is 24.2. The van der Waals surface area contributed by atoms with Crippen LogP contribution in [0.2, 0.25) is 0 Å². The van der Waals surface area contributed by atoms with Gasteiger partial charge in [0.05, 0.1) is 16.5 Å². The third-order valence-electron chi connectivity index (χ3n) is 4.80. The smallest absolute Gasteiger partial charge is 0.363 e. The van der Waals surface area contributed by atoms with Crippen LogP contribution in [0, 0.1) is 15.9 Å². The predicted molar refractivity (Wildman–Crippen MR) is 125 cm³/mol. The lowest BCUT2D eigenvalue weighted by molar-refractivity contribution is -0.384. The van der Waals surface area contributed by atoms with E-state index in [1.165, 1.54) is 49.6 Å². The third kappa shape index (κ3) is 5.12. The predicted octanol–water partition coefficient (Wildman–Crippen LogP) is 5.43. The van der Waals surface area contributed by atoms with E-state index in [2.05, 4.69) is 20.9 Å². The van der Waals surface area contributed by atoms with E-state index < -0.39 is 16.7 Å². The normalized spacial score (nSPS) is 14.0. The number of methoxy groups -OCH3 is 1. The van der Waals surface area contributed by atoms with Crippen molar-refractivity contribution in [2.24, 2.45) is 4.99 Å². The molecule has 0 spiro atoms. The molecular formula is C24H16BrFN2O6. The molecule has 34 heavy (non-hydrogen) atoms. The summed E-state index contributed by atoms with van der Waals surface area (Å²) < 4.78 is 30.2. The van der Waals surface area contributed by atoms with Crippen molar-refractivity contribution in [1.29, 1.82) is 0 Å². The van der Waals surface area contributed by atoms with Gasteiger partial charge < -0.3 is 14.2 Å². The standard InChI is InChI=1S/C24H16BrFN2O6/c1-32-21-12-15(11-20-24(29)34-23(27-20)16-4-6-17(26)7-5-16)10-19(25)22(21)33-13-14-2-8-18(9-3-14)28(30)31/h2-12H,13H2,1H3/b20-11-. The van der Waals surface area contributed by atoms with Gasteiger partial charge >= 0.3 is 5.97 Å². The number of rotatable bonds is 7. The van der Waals surface area contributed by atoms with Crippen molar-refractivity contribution in [3.63, 3.8) is 0 Å². The van der Waals surface area contributed by atoms with E-state index in [4.69, 9.17) is 14.2 Å². The fourth-order valence-corrected chi connectivity index (χ4v) is 3.69. The molecule has 0 atom stereocenters. The molecule has 0 fully saturated rings. The van der Waals surface area contributed by atoms with Crippen LogP contribution >= 0.6 is 15.9 Å². The average molecular weight is 527 g/mol. The van der Waals surface area contributed by atoms with E-state index in [9.17, 15) is 19.3 Å². The summed E-state index contributed by atoms with van der Waals surface area (Å²) in [6, 6.07) is 14.9. The molecule has 0 bridgehead atoms. The Morgan fingerprint density at radius 2 is 1.85 bits per heavy atom. The maximum absolute atomic E-state index is 13.1. The van der Waals surface area contributed by atoms with Crippen molar-refractivity contribution < 1.29 is 28.3 Å². The Morgan fingerprint density at radius 3 is 2.50 bits per heavy atom. The molecule has 0 aromatic heterocycles. The van der Waals surface area contributed by atoms with E-state index in [1.54, 1.807) is 24.3 Å².